The molecule has 0 fully saturated rings. The quantitative estimate of drug-likeness (QED) is 0.442. The van der Waals surface area contributed by atoms with Crippen molar-refractivity contribution in [3.8, 4) is 0 Å². The summed E-state index contributed by atoms with van der Waals surface area (Å²) in [6.45, 7) is 14.0. The summed E-state index contributed by atoms with van der Waals surface area (Å²) in [6, 6.07) is 6.00. The summed E-state index contributed by atoms with van der Waals surface area (Å²) in [6.07, 6.45) is 3.86. The van der Waals surface area contributed by atoms with Crippen molar-refractivity contribution in [2.45, 2.75) is 48.5 Å². The summed E-state index contributed by atoms with van der Waals surface area (Å²) in [7, 11) is 3.81. The molecule has 0 unspecified atom stereocenters. The van der Waals surface area contributed by atoms with E-state index in [1.807, 2.05) is 80.2 Å². The van der Waals surface area contributed by atoms with Gasteiger partial charge in [-0.25, -0.2) is 9.97 Å². The predicted octanol–water partition coefficient (Wildman–Crippen LogP) is 4.91. The summed E-state index contributed by atoms with van der Waals surface area (Å²) in [5.74, 6) is 0. The highest BCUT2D eigenvalue weighted by atomic mass is 15.3. The minimum atomic E-state index is 0.957. The summed E-state index contributed by atoms with van der Waals surface area (Å²) in [4.78, 5) is 8.69. The first kappa shape index (κ1) is 22.3. The van der Waals surface area contributed by atoms with Crippen LogP contribution in [0.4, 0.5) is 0 Å². The molecule has 0 aliphatic rings. The van der Waals surface area contributed by atoms with Crippen molar-refractivity contribution in [3.05, 3.63) is 47.5 Å². The van der Waals surface area contributed by atoms with Gasteiger partial charge in [-0.05, 0) is 44.5 Å². The van der Waals surface area contributed by atoms with Gasteiger partial charge in [0.15, 0.2) is 0 Å². The Balaban J connectivity index is 0.000000229. The molecule has 0 saturated carbocycles. The number of fused-ring (bicyclic) bond motifs is 2. The topological polar surface area (TPSA) is 61.4 Å². The van der Waals surface area contributed by atoms with E-state index in [1.165, 1.54) is 5.56 Å². The van der Waals surface area contributed by atoms with Gasteiger partial charge in [-0.2, -0.15) is 10.2 Å². The lowest BCUT2D eigenvalue weighted by Crippen LogP contribution is -1.86. The molecule has 0 radical (unpaired) electrons. The minimum absolute atomic E-state index is 0.957. The first-order valence-electron chi connectivity index (χ1n) is 9.47. The lowest BCUT2D eigenvalue weighted by atomic mass is 10.2. The maximum atomic E-state index is 4.37. The molecule has 0 spiro atoms. The van der Waals surface area contributed by atoms with Crippen LogP contribution in [0.3, 0.4) is 0 Å². The van der Waals surface area contributed by atoms with Crippen molar-refractivity contribution in [1.82, 2.24) is 29.5 Å². The third-order valence-electron chi connectivity index (χ3n) is 3.52. The van der Waals surface area contributed by atoms with Gasteiger partial charge >= 0.3 is 0 Å². The molecular weight excluding hydrogens is 336 g/mol. The second-order valence-corrected chi connectivity index (χ2v) is 5.78. The second kappa shape index (κ2) is 10.4. The van der Waals surface area contributed by atoms with Gasteiger partial charge in [0.05, 0.1) is 12.4 Å². The number of hydrogen-bond donors (Lipinski definition) is 0. The summed E-state index contributed by atoms with van der Waals surface area (Å²) >= 11 is 0. The van der Waals surface area contributed by atoms with E-state index in [-0.39, 0.29) is 0 Å². The number of aryl methyl sites for hydroxylation is 5. The molecule has 6 nitrogen and oxygen atoms in total. The van der Waals surface area contributed by atoms with Crippen LogP contribution in [-0.2, 0) is 14.1 Å². The van der Waals surface area contributed by atoms with Crippen LogP contribution in [0.15, 0.2) is 30.6 Å². The third kappa shape index (κ3) is 5.88. The van der Waals surface area contributed by atoms with E-state index in [9.17, 15) is 0 Å². The smallest absolute Gasteiger partial charge is 0.114 e. The molecule has 6 heteroatoms. The molecule has 146 valence electrons. The van der Waals surface area contributed by atoms with E-state index in [1.54, 1.807) is 9.36 Å². The van der Waals surface area contributed by atoms with Crippen LogP contribution in [0.5, 0.6) is 0 Å². The van der Waals surface area contributed by atoms with Crippen LogP contribution in [0.2, 0.25) is 0 Å². The Morgan fingerprint density at radius 2 is 1.22 bits per heavy atom. The molecule has 4 aromatic heterocycles. The van der Waals surface area contributed by atoms with Crippen LogP contribution in [0.25, 0.3) is 22.1 Å². The molecule has 4 heterocycles. The van der Waals surface area contributed by atoms with Crippen LogP contribution in [0, 0.1) is 20.8 Å². The van der Waals surface area contributed by atoms with E-state index in [4.69, 9.17) is 0 Å². The molecule has 0 atom stereocenters. The van der Waals surface area contributed by atoms with Gasteiger partial charge in [0, 0.05) is 25.5 Å². The Labute approximate surface area is 162 Å². The Bertz CT molecular complexity index is 981. The maximum absolute atomic E-state index is 4.37. The molecule has 0 amide bonds. The Morgan fingerprint density at radius 3 is 1.89 bits per heavy atom. The van der Waals surface area contributed by atoms with Gasteiger partial charge in [0.2, 0.25) is 0 Å². The van der Waals surface area contributed by atoms with Crippen molar-refractivity contribution in [3.63, 3.8) is 0 Å². The number of pyridine rings is 2. The standard InChI is InChI=1S/C9H11N3.C8H9N3.2C2H6/c1-6-4-7(2)10-8-5-12(3)11-9(6)8;1-6-3-4-7-8(9-6)5-11(2)10-7;2*1-2/h4-5H,1-3H3;3-5H,1-2H3;2*1-2H3. The Morgan fingerprint density at radius 1 is 0.667 bits per heavy atom. The first-order valence-corrected chi connectivity index (χ1v) is 9.47. The normalized spacial score (nSPS) is 9.67. The highest BCUT2D eigenvalue weighted by Gasteiger charge is 2.03. The van der Waals surface area contributed by atoms with E-state index >= 15 is 0 Å². The van der Waals surface area contributed by atoms with Crippen LogP contribution >= 0.6 is 0 Å². The highest BCUT2D eigenvalue weighted by Crippen LogP contribution is 2.14. The van der Waals surface area contributed by atoms with Crippen LogP contribution < -0.4 is 0 Å². The molecule has 4 rings (SSSR count). The fourth-order valence-electron chi connectivity index (χ4n) is 2.57. The molecule has 0 aromatic carbocycles. The average molecular weight is 369 g/mol. The number of rotatable bonds is 0. The molecule has 0 N–H and O–H groups in total. The highest BCUT2D eigenvalue weighted by molar-refractivity contribution is 5.77. The average Bonchev–Trinajstić information content (AvgIpc) is 3.19. The Hall–Kier alpha value is -2.76. The number of nitrogens with zero attached hydrogens (tertiary/aromatic N) is 6. The fraction of sp³-hybridized carbons (Fsp3) is 0.429. The van der Waals surface area contributed by atoms with Gasteiger partial charge in [-0.1, -0.05) is 27.7 Å². The minimum Gasteiger partial charge on any atom is -0.273 e. The zero-order valence-electron chi connectivity index (χ0n) is 18.1. The second-order valence-electron chi connectivity index (χ2n) is 5.78. The summed E-state index contributed by atoms with van der Waals surface area (Å²) in [5, 5.41) is 8.52. The first-order chi connectivity index (χ1) is 12.9. The van der Waals surface area contributed by atoms with Gasteiger partial charge in [0.1, 0.15) is 22.1 Å². The monoisotopic (exact) mass is 368 g/mol. The lowest BCUT2D eigenvalue weighted by Gasteiger charge is -1.94. The van der Waals surface area contributed by atoms with Crippen LogP contribution in [-0.4, -0.2) is 29.5 Å². The van der Waals surface area contributed by atoms with Crippen molar-refractivity contribution in [1.29, 1.82) is 0 Å². The summed E-state index contributed by atoms with van der Waals surface area (Å²) in [5.41, 5.74) is 7.18. The van der Waals surface area contributed by atoms with E-state index < -0.39 is 0 Å². The molecule has 27 heavy (non-hydrogen) atoms. The number of hydrogen-bond acceptors (Lipinski definition) is 4. The zero-order valence-corrected chi connectivity index (χ0v) is 18.1. The fourth-order valence-corrected chi connectivity index (χ4v) is 2.57. The predicted molar refractivity (Wildman–Crippen MR) is 114 cm³/mol. The van der Waals surface area contributed by atoms with Crippen LogP contribution in [0.1, 0.15) is 44.6 Å². The van der Waals surface area contributed by atoms with Gasteiger partial charge in [-0.15, -0.1) is 0 Å². The lowest BCUT2D eigenvalue weighted by molar-refractivity contribution is 0.778. The molecule has 0 aliphatic carbocycles. The van der Waals surface area contributed by atoms with E-state index in [0.717, 1.165) is 33.5 Å². The molecular formula is C21H32N6. The van der Waals surface area contributed by atoms with Crippen molar-refractivity contribution < 1.29 is 0 Å². The van der Waals surface area contributed by atoms with Gasteiger partial charge in [0.25, 0.3) is 0 Å². The molecule has 0 saturated heterocycles. The molecule has 0 bridgehead atoms. The maximum Gasteiger partial charge on any atom is 0.114 e. The van der Waals surface area contributed by atoms with E-state index in [0.29, 0.717) is 0 Å². The largest absolute Gasteiger partial charge is 0.273 e. The number of aromatic nitrogens is 6. The van der Waals surface area contributed by atoms with Gasteiger partial charge < -0.3 is 0 Å². The SMILES string of the molecule is CC.CC.Cc1cc(C)c2nn(C)cc2n1.Cc1ccc2nn(C)cc2n1. The molecule has 0 aliphatic heterocycles. The van der Waals surface area contributed by atoms with Crippen molar-refractivity contribution in [2.75, 3.05) is 0 Å². The van der Waals surface area contributed by atoms with E-state index in [2.05, 4.69) is 33.2 Å². The van der Waals surface area contributed by atoms with Gasteiger partial charge in [-0.3, -0.25) is 9.36 Å². The third-order valence-corrected chi connectivity index (χ3v) is 3.52. The summed E-state index contributed by atoms with van der Waals surface area (Å²) < 4.78 is 3.57. The van der Waals surface area contributed by atoms with Crippen molar-refractivity contribution in [2.24, 2.45) is 14.1 Å². The van der Waals surface area contributed by atoms with Crippen molar-refractivity contribution >= 4 is 22.1 Å². The Kier molecular flexibility index (Phi) is 8.59. The molecule has 4 aromatic rings. The zero-order chi connectivity index (χ0) is 20.6.